The molecule has 0 bridgehead atoms. The van der Waals surface area contributed by atoms with E-state index in [1.807, 2.05) is 0 Å². The van der Waals surface area contributed by atoms with Crippen molar-refractivity contribution in [2.24, 2.45) is 5.92 Å². The van der Waals surface area contributed by atoms with Crippen LogP contribution in [0.1, 0.15) is 19.3 Å². The molecular formula is C9H14F3NO2. The summed E-state index contributed by atoms with van der Waals surface area (Å²) in [4.78, 5) is 10.3. The van der Waals surface area contributed by atoms with Gasteiger partial charge in [-0.2, -0.15) is 13.2 Å². The first-order valence-electron chi connectivity index (χ1n) is 4.93. The van der Waals surface area contributed by atoms with Crippen LogP contribution in [0.5, 0.6) is 0 Å². The molecule has 88 valence electrons. The largest absolute Gasteiger partial charge is 0.471 e. The van der Waals surface area contributed by atoms with E-state index in [1.54, 1.807) is 5.32 Å². The van der Waals surface area contributed by atoms with Gasteiger partial charge in [0.1, 0.15) is 0 Å². The Bertz CT molecular complexity index is 214. The molecule has 0 heterocycles. The van der Waals surface area contributed by atoms with Gasteiger partial charge in [0, 0.05) is 19.8 Å². The van der Waals surface area contributed by atoms with Crippen LogP contribution in [0.15, 0.2) is 0 Å². The van der Waals surface area contributed by atoms with Crippen molar-refractivity contribution in [2.45, 2.75) is 25.4 Å². The van der Waals surface area contributed by atoms with E-state index >= 15 is 0 Å². The Morgan fingerprint density at radius 3 is 2.60 bits per heavy atom. The summed E-state index contributed by atoms with van der Waals surface area (Å²) >= 11 is 0. The van der Waals surface area contributed by atoms with Crippen LogP contribution in [-0.4, -0.2) is 31.8 Å². The van der Waals surface area contributed by atoms with Crippen molar-refractivity contribution in [3.63, 3.8) is 0 Å². The predicted octanol–water partition coefficient (Wildman–Crippen LogP) is 1.48. The summed E-state index contributed by atoms with van der Waals surface area (Å²) in [5.41, 5.74) is 0. The van der Waals surface area contributed by atoms with E-state index in [-0.39, 0.29) is 6.54 Å². The molecule has 15 heavy (non-hydrogen) atoms. The molecule has 0 aromatic carbocycles. The van der Waals surface area contributed by atoms with E-state index in [0.29, 0.717) is 25.6 Å². The lowest BCUT2D eigenvalue weighted by molar-refractivity contribution is -0.173. The first-order valence-corrected chi connectivity index (χ1v) is 4.93. The lowest BCUT2D eigenvalue weighted by Crippen LogP contribution is -2.37. The number of ether oxygens (including phenoxy) is 1. The van der Waals surface area contributed by atoms with Gasteiger partial charge in [-0.1, -0.05) is 0 Å². The number of amides is 1. The summed E-state index contributed by atoms with van der Waals surface area (Å²) in [6.45, 7) is 1.09. The molecule has 0 aliphatic heterocycles. The van der Waals surface area contributed by atoms with E-state index in [0.717, 1.165) is 0 Å². The molecule has 1 fully saturated rings. The van der Waals surface area contributed by atoms with E-state index < -0.39 is 12.1 Å². The second-order valence-electron chi connectivity index (χ2n) is 3.63. The zero-order chi connectivity index (χ0) is 11.3. The van der Waals surface area contributed by atoms with Crippen LogP contribution < -0.4 is 5.32 Å². The van der Waals surface area contributed by atoms with Gasteiger partial charge in [0.15, 0.2) is 0 Å². The molecular weight excluding hydrogens is 211 g/mol. The fraction of sp³-hybridized carbons (Fsp3) is 0.889. The molecule has 1 aliphatic carbocycles. The number of hydrogen-bond acceptors (Lipinski definition) is 2. The number of alkyl halides is 3. The first kappa shape index (κ1) is 12.3. The number of hydrogen-bond donors (Lipinski definition) is 1. The normalized spacial score (nSPS) is 16.5. The Morgan fingerprint density at radius 1 is 1.40 bits per heavy atom. The van der Waals surface area contributed by atoms with Crippen molar-refractivity contribution in [1.29, 1.82) is 0 Å². The van der Waals surface area contributed by atoms with Crippen molar-refractivity contribution >= 4 is 5.91 Å². The Kier molecular flexibility index (Phi) is 4.38. The minimum absolute atomic E-state index is 0.00299. The van der Waals surface area contributed by atoms with Gasteiger partial charge in [0.05, 0.1) is 0 Å². The molecule has 1 N–H and O–H groups in total. The van der Waals surface area contributed by atoms with Gasteiger partial charge < -0.3 is 10.1 Å². The van der Waals surface area contributed by atoms with Crippen LogP contribution in [0.25, 0.3) is 0 Å². The standard InChI is InChI=1S/C9H14F3NO2/c10-9(11,12)8(14)13-4-1-5-15-6-7-2-3-7/h7H,1-6H2,(H,13,14). The van der Waals surface area contributed by atoms with Crippen molar-refractivity contribution in [1.82, 2.24) is 5.32 Å². The monoisotopic (exact) mass is 225 g/mol. The highest BCUT2D eigenvalue weighted by molar-refractivity contribution is 5.81. The Morgan fingerprint density at radius 2 is 2.07 bits per heavy atom. The van der Waals surface area contributed by atoms with Gasteiger partial charge >= 0.3 is 12.1 Å². The van der Waals surface area contributed by atoms with Crippen molar-refractivity contribution in [2.75, 3.05) is 19.8 Å². The number of halogens is 3. The second-order valence-corrected chi connectivity index (χ2v) is 3.63. The zero-order valence-corrected chi connectivity index (χ0v) is 8.27. The van der Waals surface area contributed by atoms with Crippen LogP contribution in [0.2, 0.25) is 0 Å². The molecule has 3 nitrogen and oxygen atoms in total. The quantitative estimate of drug-likeness (QED) is 0.695. The number of carbonyl (C=O) groups excluding carboxylic acids is 1. The maximum atomic E-state index is 11.7. The first-order chi connectivity index (χ1) is 7.00. The van der Waals surface area contributed by atoms with Gasteiger partial charge in [-0.05, 0) is 25.2 Å². The SMILES string of the molecule is O=C(NCCCOCC1CC1)C(F)(F)F. The molecule has 1 rings (SSSR count). The molecule has 6 heteroatoms. The van der Waals surface area contributed by atoms with Crippen LogP contribution >= 0.6 is 0 Å². The Balaban J connectivity index is 1.89. The van der Waals surface area contributed by atoms with Crippen molar-refractivity contribution < 1.29 is 22.7 Å². The third-order valence-electron chi connectivity index (χ3n) is 2.06. The summed E-state index contributed by atoms with van der Waals surface area (Å²) in [5, 5.41) is 1.78. The summed E-state index contributed by atoms with van der Waals surface area (Å²) in [5.74, 6) is -1.24. The van der Waals surface area contributed by atoms with Crippen LogP contribution in [0.3, 0.4) is 0 Å². The molecule has 0 aromatic rings. The smallest absolute Gasteiger partial charge is 0.381 e. The second kappa shape index (κ2) is 5.34. The lowest BCUT2D eigenvalue weighted by atomic mass is 10.4. The maximum absolute atomic E-state index is 11.7. The lowest BCUT2D eigenvalue weighted by Gasteiger charge is -2.07. The van der Waals surface area contributed by atoms with Gasteiger partial charge in [-0.15, -0.1) is 0 Å². The highest BCUT2D eigenvalue weighted by Gasteiger charge is 2.38. The molecule has 1 saturated carbocycles. The average Bonchev–Trinajstić information content (AvgIpc) is 2.92. The van der Waals surface area contributed by atoms with E-state index in [9.17, 15) is 18.0 Å². The van der Waals surface area contributed by atoms with Gasteiger partial charge in [0.25, 0.3) is 0 Å². The van der Waals surface area contributed by atoms with Gasteiger partial charge in [-0.3, -0.25) is 4.79 Å². The average molecular weight is 225 g/mol. The third-order valence-corrected chi connectivity index (χ3v) is 2.06. The molecule has 0 aromatic heterocycles. The van der Waals surface area contributed by atoms with Crippen LogP contribution in [0.4, 0.5) is 13.2 Å². The molecule has 0 spiro atoms. The van der Waals surface area contributed by atoms with Gasteiger partial charge in [-0.25, -0.2) is 0 Å². The Hall–Kier alpha value is -0.780. The van der Waals surface area contributed by atoms with Crippen molar-refractivity contribution in [3.8, 4) is 0 Å². The van der Waals surface area contributed by atoms with Crippen LogP contribution in [0, 0.1) is 5.92 Å². The molecule has 0 saturated heterocycles. The summed E-state index contributed by atoms with van der Waals surface area (Å²) in [6.07, 6.45) is -2.00. The third kappa shape index (κ3) is 5.61. The minimum atomic E-state index is -4.78. The van der Waals surface area contributed by atoms with E-state index in [2.05, 4.69) is 0 Å². The molecule has 1 aliphatic rings. The molecule has 1 amide bonds. The fourth-order valence-corrected chi connectivity index (χ4v) is 1.01. The van der Waals surface area contributed by atoms with Crippen molar-refractivity contribution in [3.05, 3.63) is 0 Å². The summed E-state index contributed by atoms with van der Waals surface area (Å²) in [7, 11) is 0. The predicted molar refractivity (Wildman–Crippen MR) is 47.2 cm³/mol. The highest BCUT2D eigenvalue weighted by Crippen LogP contribution is 2.28. The summed E-state index contributed by atoms with van der Waals surface area (Å²) in [6, 6.07) is 0. The van der Waals surface area contributed by atoms with Gasteiger partial charge in [0.2, 0.25) is 0 Å². The van der Waals surface area contributed by atoms with E-state index in [1.165, 1.54) is 12.8 Å². The topological polar surface area (TPSA) is 38.3 Å². The molecule has 0 atom stereocenters. The van der Waals surface area contributed by atoms with E-state index in [4.69, 9.17) is 4.74 Å². The number of nitrogens with one attached hydrogen (secondary N) is 1. The number of carbonyl (C=O) groups is 1. The molecule has 0 unspecified atom stereocenters. The number of rotatable bonds is 6. The zero-order valence-electron chi connectivity index (χ0n) is 8.27. The van der Waals surface area contributed by atoms with Crippen LogP contribution in [-0.2, 0) is 9.53 Å². The Labute approximate surface area is 86.0 Å². The fourth-order valence-electron chi connectivity index (χ4n) is 1.01. The minimum Gasteiger partial charge on any atom is -0.381 e. The summed E-state index contributed by atoms with van der Waals surface area (Å²) < 4.78 is 40.3. The highest BCUT2D eigenvalue weighted by atomic mass is 19.4. The molecule has 0 radical (unpaired) electrons. The maximum Gasteiger partial charge on any atom is 0.471 e.